The average molecular weight is 400 g/mol. The van der Waals surface area contributed by atoms with Crippen molar-refractivity contribution in [2.75, 3.05) is 13.2 Å². The Morgan fingerprint density at radius 3 is 2.71 bits per heavy atom. The minimum Gasteiger partial charge on any atom is -0.462 e. The van der Waals surface area contributed by atoms with Gasteiger partial charge in [-0.25, -0.2) is 13.2 Å². The quantitative estimate of drug-likeness (QED) is 0.611. The first kappa shape index (κ1) is 18.6. The van der Waals surface area contributed by atoms with Gasteiger partial charge in [0.1, 0.15) is 0 Å². The number of esters is 1. The van der Waals surface area contributed by atoms with Crippen LogP contribution in [0.15, 0.2) is 53.6 Å². The van der Waals surface area contributed by atoms with Crippen molar-refractivity contribution in [2.45, 2.75) is 30.7 Å². The summed E-state index contributed by atoms with van der Waals surface area (Å²) in [5.41, 5.74) is 1.00. The van der Waals surface area contributed by atoms with Crippen LogP contribution in [0.3, 0.4) is 0 Å². The molecule has 0 amide bonds. The molecule has 0 N–H and O–H groups in total. The number of hydrogen-bond donors (Lipinski definition) is 0. The number of rotatable bonds is 5. The van der Waals surface area contributed by atoms with E-state index in [2.05, 4.69) is 10.2 Å². The molecule has 4 rings (SSSR count). The zero-order chi connectivity index (χ0) is 19.7. The van der Waals surface area contributed by atoms with Gasteiger partial charge in [-0.15, -0.1) is 10.2 Å². The van der Waals surface area contributed by atoms with Crippen molar-refractivity contribution < 1.29 is 17.9 Å². The zero-order valence-electron chi connectivity index (χ0n) is 15.4. The number of sulfonamides is 1. The fourth-order valence-electron chi connectivity index (χ4n) is 3.49. The van der Waals surface area contributed by atoms with E-state index < -0.39 is 16.0 Å². The first-order valence-electron chi connectivity index (χ1n) is 9.11. The Bertz CT molecular complexity index is 1110. The summed E-state index contributed by atoms with van der Waals surface area (Å²) in [6.45, 7) is 2.40. The number of fused-ring (bicyclic) bond motifs is 1. The van der Waals surface area contributed by atoms with Gasteiger partial charge in [0.05, 0.1) is 23.1 Å². The van der Waals surface area contributed by atoms with Gasteiger partial charge in [-0.05, 0) is 56.2 Å². The van der Waals surface area contributed by atoms with Crippen LogP contribution in [0.4, 0.5) is 0 Å². The third kappa shape index (κ3) is 3.16. The first-order valence-corrected chi connectivity index (χ1v) is 10.5. The molecule has 0 aliphatic carbocycles. The second-order valence-corrected chi connectivity index (χ2v) is 8.40. The summed E-state index contributed by atoms with van der Waals surface area (Å²) in [7, 11) is -3.74. The molecule has 0 spiro atoms. The van der Waals surface area contributed by atoms with Crippen molar-refractivity contribution in [2.24, 2.45) is 0 Å². The molecular weight excluding hydrogens is 380 g/mol. The number of ether oxygens (including phenoxy) is 1. The third-order valence-corrected chi connectivity index (χ3v) is 6.74. The van der Waals surface area contributed by atoms with Crippen LogP contribution in [0.5, 0.6) is 0 Å². The Kier molecular flexibility index (Phi) is 4.86. The van der Waals surface area contributed by atoms with Crippen LogP contribution in [0.25, 0.3) is 5.65 Å². The number of hydrogen-bond acceptors (Lipinski definition) is 6. The maximum Gasteiger partial charge on any atom is 0.338 e. The highest BCUT2D eigenvalue weighted by molar-refractivity contribution is 7.89. The molecule has 1 aliphatic rings. The van der Waals surface area contributed by atoms with Crippen LogP contribution in [-0.2, 0) is 14.8 Å². The summed E-state index contributed by atoms with van der Waals surface area (Å²) in [5, 5.41) is 8.38. The predicted molar refractivity (Wildman–Crippen MR) is 101 cm³/mol. The molecular formula is C19H20N4O4S. The topological polar surface area (TPSA) is 93.9 Å². The lowest BCUT2D eigenvalue weighted by Gasteiger charge is -2.23. The highest BCUT2D eigenvalue weighted by Crippen LogP contribution is 2.35. The second kappa shape index (κ2) is 7.33. The fraction of sp³-hybridized carbons (Fsp3) is 0.316. The predicted octanol–water partition coefficient (Wildman–Crippen LogP) is 2.43. The van der Waals surface area contributed by atoms with Gasteiger partial charge in [-0.3, -0.25) is 4.40 Å². The van der Waals surface area contributed by atoms with Crippen LogP contribution in [-0.4, -0.2) is 46.4 Å². The molecule has 3 heterocycles. The summed E-state index contributed by atoms with van der Waals surface area (Å²) in [6.07, 6.45) is 3.25. The van der Waals surface area contributed by atoms with Gasteiger partial charge in [0.15, 0.2) is 11.5 Å². The van der Waals surface area contributed by atoms with Crippen molar-refractivity contribution in [3.8, 4) is 0 Å². The van der Waals surface area contributed by atoms with Gasteiger partial charge < -0.3 is 4.74 Å². The molecule has 1 aromatic carbocycles. The Morgan fingerprint density at radius 2 is 1.96 bits per heavy atom. The summed E-state index contributed by atoms with van der Waals surface area (Å²) >= 11 is 0. The maximum atomic E-state index is 13.2. The lowest BCUT2D eigenvalue weighted by Crippen LogP contribution is -2.31. The average Bonchev–Trinajstić information content (AvgIpc) is 3.35. The number of pyridine rings is 1. The highest BCUT2D eigenvalue weighted by Gasteiger charge is 2.38. The van der Waals surface area contributed by atoms with E-state index in [1.54, 1.807) is 6.92 Å². The van der Waals surface area contributed by atoms with Crippen LogP contribution in [0.2, 0.25) is 0 Å². The van der Waals surface area contributed by atoms with Crippen LogP contribution >= 0.6 is 0 Å². The molecule has 28 heavy (non-hydrogen) atoms. The zero-order valence-corrected chi connectivity index (χ0v) is 16.2. The molecule has 0 radical (unpaired) electrons. The number of nitrogens with zero attached hydrogens (tertiary/aromatic N) is 4. The van der Waals surface area contributed by atoms with E-state index in [1.807, 2.05) is 28.8 Å². The molecule has 0 saturated carbocycles. The van der Waals surface area contributed by atoms with Gasteiger partial charge in [-0.1, -0.05) is 6.07 Å². The minimum atomic E-state index is -3.74. The van der Waals surface area contributed by atoms with Crippen molar-refractivity contribution in [3.05, 3.63) is 60.0 Å². The first-order chi connectivity index (χ1) is 13.5. The Morgan fingerprint density at radius 1 is 1.18 bits per heavy atom. The SMILES string of the molecule is CCOC(=O)c1ccc(S(=O)(=O)N2CCCC2c2nnc3ccccn23)cc1. The van der Waals surface area contributed by atoms with Gasteiger partial charge >= 0.3 is 5.97 Å². The van der Waals surface area contributed by atoms with Gasteiger partial charge in [0.25, 0.3) is 0 Å². The number of carbonyl (C=O) groups excluding carboxylic acids is 1. The highest BCUT2D eigenvalue weighted by atomic mass is 32.2. The normalized spacial score (nSPS) is 17.8. The monoisotopic (exact) mass is 400 g/mol. The standard InChI is InChI=1S/C19H20N4O4S/c1-2-27-19(24)14-8-10-15(11-9-14)28(25,26)23-13-5-6-16(23)18-21-20-17-7-3-4-12-22(17)18/h3-4,7-12,16H,2,5-6,13H2,1H3. The lowest BCUT2D eigenvalue weighted by molar-refractivity contribution is 0.0526. The molecule has 8 nitrogen and oxygen atoms in total. The van der Waals surface area contributed by atoms with Crippen LogP contribution in [0.1, 0.15) is 42.0 Å². The van der Waals surface area contributed by atoms with Crippen molar-refractivity contribution in [1.82, 2.24) is 18.9 Å². The largest absolute Gasteiger partial charge is 0.462 e. The van der Waals surface area contributed by atoms with E-state index in [0.717, 1.165) is 6.42 Å². The third-order valence-electron chi connectivity index (χ3n) is 4.81. The van der Waals surface area contributed by atoms with Gasteiger partial charge in [-0.2, -0.15) is 4.31 Å². The van der Waals surface area contributed by atoms with E-state index in [1.165, 1.54) is 28.6 Å². The van der Waals surface area contributed by atoms with Crippen molar-refractivity contribution >= 4 is 21.6 Å². The van der Waals surface area contributed by atoms with Crippen LogP contribution < -0.4 is 0 Å². The molecule has 1 atom stereocenters. The van der Waals surface area contributed by atoms with E-state index in [9.17, 15) is 13.2 Å². The van der Waals surface area contributed by atoms with E-state index in [0.29, 0.717) is 30.0 Å². The van der Waals surface area contributed by atoms with Crippen LogP contribution in [0, 0.1) is 0 Å². The van der Waals surface area contributed by atoms with Gasteiger partial charge in [0.2, 0.25) is 10.0 Å². The van der Waals surface area contributed by atoms with Crippen molar-refractivity contribution in [3.63, 3.8) is 0 Å². The molecule has 9 heteroatoms. The smallest absolute Gasteiger partial charge is 0.338 e. The molecule has 2 aromatic heterocycles. The lowest BCUT2D eigenvalue weighted by atomic mass is 10.2. The molecule has 1 unspecified atom stereocenters. The Hall–Kier alpha value is -2.78. The number of aromatic nitrogens is 3. The fourth-order valence-corrected chi connectivity index (χ4v) is 5.14. The maximum absolute atomic E-state index is 13.2. The minimum absolute atomic E-state index is 0.140. The molecule has 1 saturated heterocycles. The Labute approximate surface area is 162 Å². The van der Waals surface area contributed by atoms with Crippen molar-refractivity contribution in [1.29, 1.82) is 0 Å². The number of benzene rings is 1. The molecule has 146 valence electrons. The van der Waals surface area contributed by atoms with Gasteiger partial charge in [0, 0.05) is 12.7 Å². The summed E-state index contributed by atoms with van der Waals surface area (Å²) in [4.78, 5) is 11.9. The van der Waals surface area contributed by atoms with E-state index in [-0.39, 0.29) is 17.5 Å². The molecule has 1 fully saturated rings. The summed E-state index contributed by atoms with van der Waals surface area (Å²) in [6, 6.07) is 11.0. The van der Waals surface area contributed by atoms with E-state index in [4.69, 9.17) is 4.74 Å². The summed E-state index contributed by atoms with van der Waals surface area (Å²) in [5.74, 6) is 0.139. The Balaban J connectivity index is 1.66. The number of carbonyl (C=O) groups is 1. The molecule has 0 bridgehead atoms. The second-order valence-electron chi connectivity index (χ2n) is 6.51. The molecule has 1 aliphatic heterocycles. The summed E-state index contributed by atoms with van der Waals surface area (Å²) < 4.78 is 34.7. The molecule has 3 aromatic rings. The van der Waals surface area contributed by atoms with E-state index >= 15 is 0 Å².